The Morgan fingerprint density at radius 3 is 1.03 bits per heavy atom. The molecule has 8 nitrogen and oxygen atoms in total. The lowest BCUT2D eigenvalue weighted by molar-refractivity contribution is -0.156. The zero-order valence-corrected chi connectivity index (χ0v) is 22.6. The van der Waals surface area contributed by atoms with Crippen LogP contribution in [0.4, 0.5) is 0 Å². The molecule has 0 spiro atoms. The van der Waals surface area contributed by atoms with Crippen molar-refractivity contribution in [3.63, 3.8) is 0 Å². The average Bonchev–Trinajstić information content (AvgIpc) is 3.27. The van der Waals surface area contributed by atoms with Crippen molar-refractivity contribution in [1.29, 1.82) is 0 Å². The topological polar surface area (TPSA) is 149 Å². The van der Waals surface area contributed by atoms with Crippen LogP contribution in [0.5, 0.6) is 0 Å². The Labute approximate surface area is 222 Å². The normalized spacial score (nSPS) is 17.5. The highest BCUT2D eigenvalue weighted by molar-refractivity contribution is 5.93. The molecule has 0 saturated heterocycles. The molecule has 1 aliphatic carbocycles. The number of rotatable bonds is 24. The van der Waals surface area contributed by atoms with Gasteiger partial charge in [-0.2, -0.15) is 0 Å². The Morgan fingerprint density at radius 1 is 0.459 bits per heavy atom. The first-order chi connectivity index (χ1) is 17.7. The first kappa shape index (κ1) is 32.9. The van der Waals surface area contributed by atoms with Crippen molar-refractivity contribution < 1.29 is 39.6 Å². The monoisotopic (exact) mass is 526 g/mol. The van der Waals surface area contributed by atoms with E-state index in [2.05, 4.69) is 0 Å². The maximum absolute atomic E-state index is 10.9. The molecule has 2 unspecified atom stereocenters. The van der Waals surface area contributed by atoms with Gasteiger partial charge in [-0.1, -0.05) is 122 Å². The maximum Gasteiger partial charge on any atom is 0.317 e. The van der Waals surface area contributed by atoms with E-state index in [1.165, 1.54) is 70.6 Å². The summed E-state index contributed by atoms with van der Waals surface area (Å²) in [6.07, 6.45) is 22.1. The second-order valence-corrected chi connectivity index (χ2v) is 11.0. The molecule has 0 aliphatic heterocycles. The van der Waals surface area contributed by atoms with Crippen molar-refractivity contribution >= 4 is 23.9 Å². The SMILES string of the molecule is O=C(O)C(CCCCCCCCCC1CCCC1CCCCCCCCCC(C(=O)O)C(=O)O)C(=O)O. The standard InChI is InChI=1S/C29H50O8/c30-26(31)24(27(32)33)20-13-9-5-1-3-7-11-16-22-18-15-19-23(22)17-12-8-4-2-6-10-14-21-25(28(34)35)29(36)37/h22-25H,1-21H2,(H,30,31)(H,32,33)(H,34,35)(H,36,37). The molecular formula is C29H50O8. The van der Waals surface area contributed by atoms with Crippen molar-refractivity contribution in [2.75, 3.05) is 0 Å². The summed E-state index contributed by atoms with van der Waals surface area (Å²) in [4.78, 5) is 43.5. The van der Waals surface area contributed by atoms with Gasteiger partial charge in [0.25, 0.3) is 0 Å². The van der Waals surface area contributed by atoms with Gasteiger partial charge in [-0.25, -0.2) is 0 Å². The number of aliphatic carboxylic acids is 4. The predicted molar refractivity (Wildman–Crippen MR) is 141 cm³/mol. The third-order valence-electron chi connectivity index (χ3n) is 8.14. The van der Waals surface area contributed by atoms with Crippen LogP contribution in [0, 0.1) is 23.7 Å². The van der Waals surface area contributed by atoms with Gasteiger partial charge in [0.05, 0.1) is 0 Å². The van der Waals surface area contributed by atoms with Crippen LogP contribution in [0.25, 0.3) is 0 Å². The molecule has 4 N–H and O–H groups in total. The summed E-state index contributed by atoms with van der Waals surface area (Å²) in [6, 6.07) is 0. The van der Waals surface area contributed by atoms with Gasteiger partial charge in [0.1, 0.15) is 0 Å². The van der Waals surface area contributed by atoms with Gasteiger partial charge in [-0.05, 0) is 24.7 Å². The van der Waals surface area contributed by atoms with E-state index in [0.29, 0.717) is 12.8 Å². The molecule has 0 amide bonds. The zero-order valence-electron chi connectivity index (χ0n) is 22.6. The van der Waals surface area contributed by atoms with E-state index in [9.17, 15) is 19.2 Å². The zero-order chi connectivity index (χ0) is 27.5. The van der Waals surface area contributed by atoms with E-state index >= 15 is 0 Å². The van der Waals surface area contributed by atoms with Gasteiger partial charge >= 0.3 is 23.9 Å². The van der Waals surface area contributed by atoms with Crippen molar-refractivity contribution in [3.8, 4) is 0 Å². The first-order valence-electron chi connectivity index (χ1n) is 14.6. The molecule has 8 heteroatoms. The van der Waals surface area contributed by atoms with Crippen LogP contribution in [0.2, 0.25) is 0 Å². The molecule has 0 aromatic rings. The molecule has 214 valence electrons. The van der Waals surface area contributed by atoms with Crippen LogP contribution in [0.15, 0.2) is 0 Å². The lowest BCUT2D eigenvalue weighted by Crippen LogP contribution is -2.23. The van der Waals surface area contributed by atoms with Crippen molar-refractivity contribution in [2.45, 2.75) is 135 Å². The summed E-state index contributed by atoms with van der Waals surface area (Å²) in [5.74, 6) is -5.74. The van der Waals surface area contributed by atoms with Crippen molar-refractivity contribution in [2.24, 2.45) is 23.7 Å². The molecule has 0 aromatic carbocycles. The highest BCUT2D eigenvalue weighted by Crippen LogP contribution is 2.38. The molecule has 0 heterocycles. The van der Waals surface area contributed by atoms with Crippen LogP contribution in [0.3, 0.4) is 0 Å². The summed E-state index contributed by atoms with van der Waals surface area (Å²) in [5.41, 5.74) is 0. The third kappa shape index (κ3) is 15.0. The van der Waals surface area contributed by atoms with Gasteiger partial charge in [0.2, 0.25) is 0 Å². The Bertz CT molecular complexity index is 593. The van der Waals surface area contributed by atoms with E-state index < -0.39 is 35.7 Å². The number of carboxylic acids is 4. The number of carboxylic acid groups (broad SMARTS) is 4. The highest BCUT2D eigenvalue weighted by atomic mass is 16.4. The van der Waals surface area contributed by atoms with E-state index in [-0.39, 0.29) is 12.8 Å². The fourth-order valence-corrected chi connectivity index (χ4v) is 5.86. The second-order valence-electron chi connectivity index (χ2n) is 11.0. The Kier molecular flexibility index (Phi) is 17.7. The third-order valence-corrected chi connectivity index (χ3v) is 8.14. The van der Waals surface area contributed by atoms with Gasteiger partial charge in [-0.15, -0.1) is 0 Å². The van der Waals surface area contributed by atoms with E-state index in [4.69, 9.17) is 20.4 Å². The summed E-state index contributed by atoms with van der Waals surface area (Å²) in [7, 11) is 0. The molecular weight excluding hydrogens is 476 g/mol. The van der Waals surface area contributed by atoms with E-state index in [1.807, 2.05) is 0 Å². The fraction of sp³-hybridized carbons (Fsp3) is 0.862. The van der Waals surface area contributed by atoms with Crippen LogP contribution < -0.4 is 0 Å². The number of hydrogen-bond acceptors (Lipinski definition) is 4. The van der Waals surface area contributed by atoms with Gasteiger partial charge in [0.15, 0.2) is 11.8 Å². The molecule has 0 bridgehead atoms. The van der Waals surface area contributed by atoms with E-state index in [0.717, 1.165) is 50.4 Å². The number of hydrogen-bond donors (Lipinski definition) is 4. The van der Waals surface area contributed by atoms with Gasteiger partial charge < -0.3 is 20.4 Å². The van der Waals surface area contributed by atoms with Crippen molar-refractivity contribution in [3.05, 3.63) is 0 Å². The lowest BCUT2D eigenvalue weighted by atomic mass is 9.86. The Hall–Kier alpha value is -2.12. The summed E-state index contributed by atoms with van der Waals surface area (Å²) < 4.78 is 0. The van der Waals surface area contributed by atoms with E-state index in [1.54, 1.807) is 0 Å². The van der Waals surface area contributed by atoms with Gasteiger partial charge in [0, 0.05) is 0 Å². The smallest absolute Gasteiger partial charge is 0.317 e. The largest absolute Gasteiger partial charge is 0.481 e. The molecule has 1 rings (SSSR count). The number of unbranched alkanes of at least 4 members (excludes halogenated alkanes) is 12. The molecule has 0 aromatic heterocycles. The summed E-state index contributed by atoms with van der Waals surface area (Å²) >= 11 is 0. The minimum atomic E-state index is -1.27. The van der Waals surface area contributed by atoms with Crippen LogP contribution in [-0.2, 0) is 19.2 Å². The minimum absolute atomic E-state index is 0.220. The van der Waals surface area contributed by atoms with Gasteiger partial charge in [-0.3, -0.25) is 19.2 Å². The first-order valence-corrected chi connectivity index (χ1v) is 14.6. The maximum atomic E-state index is 10.9. The Morgan fingerprint density at radius 2 is 0.730 bits per heavy atom. The number of carbonyl (C=O) groups is 4. The average molecular weight is 527 g/mol. The summed E-state index contributed by atoms with van der Waals surface area (Å²) in [5, 5.41) is 35.6. The molecule has 0 radical (unpaired) electrons. The molecule has 2 atom stereocenters. The fourth-order valence-electron chi connectivity index (χ4n) is 5.86. The van der Waals surface area contributed by atoms with Crippen LogP contribution in [-0.4, -0.2) is 44.3 Å². The molecule has 1 saturated carbocycles. The van der Waals surface area contributed by atoms with Crippen LogP contribution in [0.1, 0.15) is 135 Å². The lowest BCUT2D eigenvalue weighted by Gasteiger charge is -2.19. The summed E-state index contributed by atoms with van der Waals surface area (Å²) in [6.45, 7) is 0. The van der Waals surface area contributed by atoms with Crippen LogP contribution >= 0.6 is 0 Å². The quantitative estimate of drug-likeness (QED) is 0.0776. The molecule has 1 fully saturated rings. The highest BCUT2D eigenvalue weighted by Gasteiger charge is 2.27. The second kappa shape index (κ2) is 19.9. The molecule has 37 heavy (non-hydrogen) atoms. The Balaban J connectivity index is 1.98. The van der Waals surface area contributed by atoms with Crippen molar-refractivity contribution in [1.82, 2.24) is 0 Å². The predicted octanol–water partition coefficient (Wildman–Crippen LogP) is 7.00. The minimum Gasteiger partial charge on any atom is -0.481 e. The molecule has 1 aliphatic rings.